The molecule has 0 aliphatic carbocycles. The van der Waals surface area contributed by atoms with E-state index in [0.717, 1.165) is 28.2 Å². The van der Waals surface area contributed by atoms with Crippen LogP contribution < -0.4 is 10.6 Å². The van der Waals surface area contributed by atoms with Crippen LogP contribution in [0.15, 0.2) is 48.8 Å². The second-order valence-corrected chi connectivity index (χ2v) is 5.35. The molecule has 0 aliphatic heterocycles. The Labute approximate surface area is 134 Å². The van der Waals surface area contributed by atoms with Crippen LogP contribution in [0.3, 0.4) is 0 Å². The van der Waals surface area contributed by atoms with Gasteiger partial charge in [-0.15, -0.1) is 0 Å². The van der Waals surface area contributed by atoms with Gasteiger partial charge in [-0.2, -0.15) is 5.10 Å². The van der Waals surface area contributed by atoms with E-state index in [1.165, 1.54) is 0 Å². The van der Waals surface area contributed by atoms with Gasteiger partial charge in [-0.05, 0) is 36.8 Å². The Balaban J connectivity index is 1.56. The number of aromatic nitrogens is 3. The van der Waals surface area contributed by atoms with Gasteiger partial charge < -0.3 is 15.6 Å². The molecule has 0 spiro atoms. The van der Waals surface area contributed by atoms with E-state index in [9.17, 15) is 4.79 Å². The van der Waals surface area contributed by atoms with E-state index in [2.05, 4.69) is 20.7 Å². The Morgan fingerprint density at radius 2 is 2.04 bits per heavy atom. The minimum Gasteiger partial charge on any atom is -0.361 e. The Morgan fingerprint density at radius 1 is 1.26 bits per heavy atom. The first-order valence-corrected chi connectivity index (χ1v) is 7.39. The van der Waals surface area contributed by atoms with Crippen LogP contribution >= 0.6 is 0 Å². The molecule has 0 fully saturated rings. The minimum absolute atomic E-state index is 0.235. The molecule has 23 heavy (non-hydrogen) atoms. The molecule has 1 aromatic carbocycles. The highest BCUT2D eigenvalue weighted by Crippen LogP contribution is 2.19. The van der Waals surface area contributed by atoms with Crippen molar-refractivity contribution in [2.24, 2.45) is 7.05 Å². The fourth-order valence-corrected chi connectivity index (χ4v) is 2.31. The number of anilines is 1. The first-order chi connectivity index (χ1) is 11.1. The van der Waals surface area contributed by atoms with Gasteiger partial charge in [-0.1, -0.05) is 12.1 Å². The van der Waals surface area contributed by atoms with Crippen molar-refractivity contribution < 1.29 is 4.79 Å². The molecule has 118 valence electrons. The predicted octanol–water partition coefficient (Wildman–Crippen LogP) is 3.05. The Hall–Kier alpha value is -3.02. The van der Waals surface area contributed by atoms with Crippen molar-refractivity contribution in [3.05, 3.63) is 60.0 Å². The number of H-pyrrole nitrogens is 1. The van der Waals surface area contributed by atoms with Crippen molar-refractivity contribution in [2.45, 2.75) is 13.5 Å². The first-order valence-electron chi connectivity index (χ1n) is 7.39. The number of amides is 2. The SMILES string of the molecule is Cc1c(CNC(=O)Nc2ccc(-c3ccc[nH]3)cc2)cnn1C. The summed E-state index contributed by atoms with van der Waals surface area (Å²) < 4.78 is 1.79. The predicted molar refractivity (Wildman–Crippen MR) is 90.0 cm³/mol. The Morgan fingerprint density at radius 3 is 2.65 bits per heavy atom. The lowest BCUT2D eigenvalue weighted by atomic mass is 10.1. The van der Waals surface area contributed by atoms with Gasteiger partial charge in [0.05, 0.1) is 6.20 Å². The number of hydrogen-bond donors (Lipinski definition) is 3. The van der Waals surface area contributed by atoms with Crippen LogP contribution in [-0.2, 0) is 13.6 Å². The first kappa shape index (κ1) is 14.9. The lowest BCUT2D eigenvalue weighted by Gasteiger charge is -2.08. The molecule has 2 heterocycles. The molecular formula is C17H19N5O. The number of aromatic amines is 1. The lowest BCUT2D eigenvalue weighted by molar-refractivity contribution is 0.251. The number of nitrogens with one attached hydrogen (secondary N) is 3. The molecule has 0 atom stereocenters. The van der Waals surface area contributed by atoms with Gasteiger partial charge in [0.15, 0.2) is 0 Å². The van der Waals surface area contributed by atoms with Crippen molar-refractivity contribution in [1.82, 2.24) is 20.1 Å². The summed E-state index contributed by atoms with van der Waals surface area (Å²) in [7, 11) is 1.88. The average Bonchev–Trinajstić information content (AvgIpc) is 3.18. The summed E-state index contributed by atoms with van der Waals surface area (Å²) in [5, 5.41) is 9.81. The van der Waals surface area contributed by atoms with Crippen LogP contribution in [0, 0.1) is 6.92 Å². The van der Waals surface area contributed by atoms with E-state index in [4.69, 9.17) is 0 Å². The molecule has 0 unspecified atom stereocenters. The number of aryl methyl sites for hydroxylation is 1. The number of carbonyl (C=O) groups is 1. The van der Waals surface area contributed by atoms with Gasteiger partial charge in [0.1, 0.15) is 0 Å². The zero-order chi connectivity index (χ0) is 16.2. The highest BCUT2D eigenvalue weighted by Gasteiger charge is 2.06. The number of urea groups is 1. The Kier molecular flexibility index (Phi) is 4.14. The van der Waals surface area contributed by atoms with Crippen molar-refractivity contribution in [2.75, 3.05) is 5.32 Å². The third-order valence-electron chi connectivity index (χ3n) is 3.83. The quantitative estimate of drug-likeness (QED) is 0.693. The molecule has 2 aromatic heterocycles. The molecule has 0 bridgehead atoms. The second-order valence-electron chi connectivity index (χ2n) is 5.35. The number of carbonyl (C=O) groups excluding carboxylic acids is 1. The Bertz CT molecular complexity index is 787. The van der Waals surface area contributed by atoms with Crippen molar-refractivity contribution in [1.29, 1.82) is 0 Å². The fourth-order valence-electron chi connectivity index (χ4n) is 2.31. The number of rotatable bonds is 4. The molecule has 6 heteroatoms. The molecule has 0 saturated carbocycles. The van der Waals surface area contributed by atoms with Gasteiger partial charge in [-0.3, -0.25) is 4.68 Å². The standard InChI is InChI=1S/C17H19N5O/c1-12-14(11-20-22(12)2)10-19-17(23)21-15-7-5-13(6-8-15)16-4-3-9-18-16/h3-9,11,18H,10H2,1-2H3,(H2,19,21,23). The maximum absolute atomic E-state index is 12.0. The number of hydrogen-bond acceptors (Lipinski definition) is 2. The minimum atomic E-state index is -0.235. The largest absolute Gasteiger partial charge is 0.361 e. The van der Waals surface area contributed by atoms with Gasteiger partial charge in [0.2, 0.25) is 0 Å². The zero-order valence-corrected chi connectivity index (χ0v) is 13.1. The maximum Gasteiger partial charge on any atom is 0.319 e. The summed E-state index contributed by atoms with van der Waals surface area (Å²) in [6.45, 7) is 2.42. The summed E-state index contributed by atoms with van der Waals surface area (Å²) in [6.07, 6.45) is 3.65. The third kappa shape index (κ3) is 3.42. The summed E-state index contributed by atoms with van der Waals surface area (Å²) in [5.74, 6) is 0. The zero-order valence-electron chi connectivity index (χ0n) is 13.1. The molecule has 0 aliphatic rings. The fraction of sp³-hybridized carbons (Fsp3) is 0.176. The maximum atomic E-state index is 12.0. The van der Waals surface area contributed by atoms with Crippen LogP contribution in [0.5, 0.6) is 0 Å². The van der Waals surface area contributed by atoms with E-state index < -0.39 is 0 Å². The number of nitrogens with zero attached hydrogens (tertiary/aromatic N) is 2. The van der Waals surface area contributed by atoms with E-state index >= 15 is 0 Å². The molecule has 2 amide bonds. The summed E-state index contributed by atoms with van der Waals surface area (Å²) in [6, 6.07) is 11.4. The topological polar surface area (TPSA) is 74.7 Å². The van der Waals surface area contributed by atoms with Crippen molar-refractivity contribution in [3.8, 4) is 11.3 Å². The highest BCUT2D eigenvalue weighted by molar-refractivity contribution is 5.89. The van der Waals surface area contributed by atoms with Crippen molar-refractivity contribution in [3.63, 3.8) is 0 Å². The second kappa shape index (κ2) is 6.39. The molecule has 0 saturated heterocycles. The van der Waals surface area contributed by atoms with E-state index in [1.54, 1.807) is 10.9 Å². The van der Waals surface area contributed by atoms with Crippen LogP contribution in [0.4, 0.5) is 10.5 Å². The van der Waals surface area contributed by atoms with Gasteiger partial charge in [0, 0.05) is 42.4 Å². The molecular weight excluding hydrogens is 290 g/mol. The van der Waals surface area contributed by atoms with Gasteiger partial charge in [0.25, 0.3) is 0 Å². The van der Waals surface area contributed by atoms with E-state index in [1.807, 2.05) is 56.6 Å². The van der Waals surface area contributed by atoms with Crippen LogP contribution in [0.1, 0.15) is 11.3 Å². The van der Waals surface area contributed by atoms with Crippen LogP contribution in [0.25, 0.3) is 11.3 Å². The monoisotopic (exact) mass is 309 g/mol. The van der Waals surface area contributed by atoms with Gasteiger partial charge >= 0.3 is 6.03 Å². The number of benzene rings is 1. The third-order valence-corrected chi connectivity index (χ3v) is 3.83. The summed E-state index contributed by atoms with van der Waals surface area (Å²) in [4.78, 5) is 15.1. The van der Waals surface area contributed by atoms with Crippen LogP contribution in [0.2, 0.25) is 0 Å². The molecule has 6 nitrogen and oxygen atoms in total. The van der Waals surface area contributed by atoms with Crippen LogP contribution in [-0.4, -0.2) is 20.8 Å². The molecule has 0 radical (unpaired) electrons. The molecule has 3 rings (SSSR count). The average molecular weight is 309 g/mol. The van der Waals surface area contributed by atoms with Gasteiger partial charge in [-0.25, -0.2) is 4.79 Å². The van der Waals surface area contributed by atoms with Crippen molar-refractivity contribution >= 4 is 11.7 Å². The molecule has 3 N–H and O–H groups in total. The van der Waals surface area contributed by atoms with E-state index in [-0.39, 0.29) is 6.03 Å². The summed E-state index contributed by atoms with van der Waals surface area (Å²) in [5.41, 5.74) is 4.92. The van der Waals surface area contributed by atoms with E-state index in [0.29, 0.717) is 6.54 Å². The highest BCUT2D eigenvalue weighted by atomic mass is 16.2. The molecule has 3 aromatic rings. The summed E-state index contributed by atoms with van der Waals surface area (Å²) >= 11 is 0. The normalized spacial score (nSPS) is 10.5. The smallest absolute Gasteiger partial charge is 0.319 e. The lowest BCUT2D eigenvalue weighted by Crippen LogP contribution is -2.28.